The third-order valence-corrected chi connectivity index (χ3v) is 26.3. The van der Waals surface area contributed by atoms with E-state index < -0.39 is 24.8 Å². The van der Waals surface area contributed by atoms with Crippen molar-refractivity contribution in [1.82, 2.24) is 4.75 Å². The molecule has 14 aromatic rings. The molecule has 4 aliphatic heterocycles. The molecule has 18 rings (SSSR count). The first-order valence-electron chi connectivity index (χ1n) is 35.5. The van der Waals surface area contributed by atoms with Crippen LogP contribution in [0.25, 0.3) is 21.5 Å². The Labute approximate surface area is 622 Å². The Morgan fingerprint density at radius 1 is 0.229 bits per heavy atom. The van der Waals surface area contributed by atoms with Crippen LogP contribution in [0.4, 0.5) is 11.6 Å². The van der Waals surface area contributed by atoms with Gasteiger partial charge in [0.15, 0.2) is 0 Å². The van der Waals surface area contributed by atoms with Crippen LogP contribution in [-0.4, -0.2) is 52.9 Å². The molecule has 6 bridgehead atoms. The normalized spacial score (nSPS) is 13.7. The van der Waals surface area contributed by atoms with Gasteiger partial charge in [0, 0.05) is 10.8 Å². The number of rotatable bonds is 16. The van der Waals surface area contributed by atoms with E-state index in [1.54, 1.807) is 0 Å². The second kappa shape index (κ2) is 25.5. The predicted octanol–water partition coefficient (Wildman–Crippen LogP) is 20.9. The van der Waals surface area contributed by atoms with E-state index in [0.29, 0.717) is 91.9 Å². The number of aromatic nitrogens is 2. The summed E-state index contributed by atoms with van der Waals surface area (Å²) in [7, 11) is 0. The Kier molecular flexibility index (Phi) is 15.8. The number of hydrogen-bond acceptors (Lipinski definition) is 10. The van der Waals surface area contributed by atoms with Crippen molar-refractivity contribution in [1.29, 1.82) is 0 Å². The minimum absolute atomic E-state index is 0.217. The van der Waals surface area contributed by atoms with Crippen molar-refractivity contribution >= 4 is 81.4 Å². The van der Waals surface area contributed by atoms with Crippen molar-refractivity contribution in [3.05, 3.63) is 369 Å². The van der Waals surface area contributed by atoms with Gasteiger partial charge in [-0.1, -0.05) is 149 Å². The average molecular weight is 1560 g/mol. The Morgan fingerprint density at radius 2 is 0.505 bits per heavy atom. The van der Waals surface area contributed by atoms with Crippen LogP contribution >= 0.6 is 0 Å². The summed E-state index contributed by atoms with van der Waals surface area (Å²) in [4.78, 5) is 33.7. The van der Waals surface area contributed by atoms with Crippen molar-refractivity contribution in [2.24, 2.45) is 30.0 Å². The van der Waals surface area contributed by atoms with Gasteiger partial charge in [0.05, 0.1) is 0 Å². The summed E-state index contributed by atoms with van der Waals surface area (Å²) in [6, 6.07) is 101. The van der Waals surface area contributed by atoms with E-state index in [2.05, 4.69) is 279 Å². The van der Waals surface area contributed by atoms with Gasteiger partial charge in [0.1, 0.15) is 0 Å². The van der Waals surface area contributed by atoms with Crippen molar-refractivity contribution < 1.29 is 18.9 Å². The van der Waals surface area contributed by atoms with Crippen molar-refractivity contribution in [2.45, 2.75) is 77.0 Å². The molecule has 0 atom stereocenters. The van der Waals surface area contributed by atoms with E-state index in [4.69, 9.17) is 48.9 Å². The third-order valence-electron chi connectivity index (χ3n) is 21.4. The van der Waals surface area contributed by atoms with Crippen LogP contribution in [0.2, 0.25) is 0 Å². The van der Waals surface area contributed by atoms with Crippen LogP contribution in [0.5, 0.6) is 46.0 Å². The van der Waals surface area contributed by atoms with Crippen molar-refractivity contribution in [2.75, 3.05) is 0 Å². The zero-order valence-corrected chi connectivity index (χ0v) is 63.3. The quantitative estimate of drug-likeness (QED) is 0.0895. The summed E-state index contributed by atoms with van der Waals surface area (Å²) < 4.78 is 32.0. The van der Waals surface area contributed by atoms with Gasteiger partial charge in [0.25, 0.3) is 0 Å². The first-order valence-corrected chi connectivity index (χ1v) is 39.0. The number of ether oxygens (including phenoxy) is 4. The second-order valence-corrected chi connectivity index (χ2v) is 33.6. The molecule has 0 saturated carbocycles. The number of amidine groups is 4. The van der Waals surface area contributed by atoms with E-state index in [9.17, 15) is 0 Å². The van der Waals surface area contributed by atoms with Gasteiger partial charge in [-0.15, -0.1) is 0 Å². The molecule has 4 aliphatic rings. The van der Waals surface area contributed by atoms with Crippen LogP contribution in [-0.2, 0) is 21.7 Å². The summed E-state index contributed by atoms with van der Waals surface area (Å²) in [6.07, 6.45) is 0. The number of aliphatic imine (C=N–C) groups is 4. The maximum absolute atomic E-state index is 6.88. The summed E-state index contributed by atoms with van der Waals surface area (Å²) in [5.41, 5.74) is 13.3. The second-order valence-electron chi connectivity index (χ2n) is 29.3. The van der Waals surface area contributed by atoms with Crippen molar-refractivity contribution in [3.8, 4) is 46.0 Å². The van der Waals surface area contributed by atoms with Gasteiger partial charge >= 0.3 is 456 Å². The van der Waals surface area contributed by atoms with E-state index in [1.165, 1.54) is 44.5 Å². The van der Waals surface area contributed by atoms with Gasteiger partial charge in [-0.25, -0.2) is 0 Å². The zero-order chi connectivity index (χ0) is 71.3. The number of fused-ring (bicyclic) bond motifs is 14. The number of hydrogen-bond donors (Lipinski definition) is 0. The Morgan fingerprint density at radius 3 is 0.886 bits per heavy atom. The molecule has 6 heterocycles. The molecular formula is C92H72N8O4Pb. The zero-order valence-electron chi connectivity index (χ0n) is 59.4. The van der Waals surface area contributed by atoms with E-state index >= 15 is 0 Å². The van der Waals surface area contributed by atoms with E-state index in [0.717, 1.165) is 43.8 Å². The molecule has 0 amide bonds. The Balaban J connectivity index is 0.800. The molecule has 0 spiro atoms. The monoisotopic (exact) mass is 1560 g/mol. The molecule has 0 aliphatic carbocycles. The maximum atomic E-state index is 6.88. The fraction of sp³-hybridized carbons (Fsp3) is 0.130. The number of benzene rings is 12. The average Bonchev–Trinajstić information content (AvgIpc) is 1.56. The molecule has 12 nitrogen and oxygen atoms in total. The first kappa shape index (κ1) is 65.2. The van der Waals surface area contributed by atoms with Gasteiger partial charge in [0.2, 0.25) is 0 Å². The van der Waals surface area contributed by atoms with Crippen LogP contribution < -0.4 is 29.9 Å². The first-order chi connectivity index (χ1) is 51.0. The third kappa shape index (κ3) is 11.8. The molecule has 508 valence electrons. The van der Waals surface area contributed by atoms with Gasteiger partial charge < -0.3 is 0 Å². The van der Waals surface area contributed by atoms with E-state index in [1.807, 2.05) is 72.8 Å². The molecule has 0 fully saturated rings. The molecule has 12 aromatic carbocycles. The molecule has 0 N–H and O–H groups in total. The Bertz CT molecular complexity index is 6060. The topological polar surface area (TPSA) is 121 Å². The standard InChI is InChI=1S/C92H72N8O4.Pb/c1-89(2,57-21-13-9-14-22-57)61-29-37-65(38-30-61)101-69-45-49-73-77(53-69)85-93-81(73)98-86-79-55-71(103-67-41-33-63(34-42-67)91(5,6)59-25-17-11-18-26-59)47-51-75(79)83(95-86)100-88-80-56-72(104-68-43-35-64(36-44-68)92(7,8)60-27-19-12-20-28-60)48-52-76(80)84(96-88)99-87-78-54-70(46-50-74(78)82(94-87)97-85)102-66-39-31-62(32-40-66)90(3,4)58-23-15-10-16-24-58;/h9-56H,1-8H3;/q-2;+2. The fourth-order valence-electron chi connectivity index (χ4n) is 14.9. The number of nitrogens with zero attached hydrogens (tertiary/aromatic N) is 8. The van der Waals surface area contributed by atoms with Crippen LogP contribution in [0.15, 0.2) is 321 Å². The van der Waals surface area contributed by atoms with Crippen LogP contribution in [0.3, 0.4) is 0 Å². The summed E-state index contributed by atoms with van der Waals surface area (Å²) in [5.74, 6) is 8.75. The molecule has 2 radical (unpaired) electrons. The molecule has 105 heavy (non-hydrogen) atoms. The van der Waals surface area contributed by atoms with Gasteiger partial charge in [-0.3, -0.25) is 0 Å². The summed E-state index contributed by atoms with van der Waals surface area (Å²) in [5, 5.41) is 3.39. The van der Waals surface area contributed by atoms with Crippen LogP contribution in [0.1, 0.15) is 122 Å². The summed E-state index contributed by atoms with van der Waals surface area (Å²) in [6.45, 7) is 18.0. The predicted molar refractivity (Wildman–Crippen MR) is 421 cm³/mol. The fourth-order valence-corrected chi connectivity index (χ4v) is 19.8. The van der Waals surface area contributed by atoms with Gasteiger partial charge in [-0.05, 0) is 11.1 Å². The summed E-state index contributed by atoms with van der Waals surface area (Å²) >= 11 is -2.66. The Hall–Kier alpha value is -11.9. The van der Waals surface area contributed by atoms with E-state index in [-0.39, 0.29) is 21.7 Å². The SMILES string of the molecule is CC(C)(c1ccccc1)c1ccc(Oc2ccc3c(c2)C2=NC3=Nc3c4cc(Oc5ccc(C(C)(C)c6ccccc6)cc5)ccc4c4[n]3[Pb][n]3c(c5ccc(Oc6ccc(C(C)(C)c7ccccc7)cc6)cc5c3=NC3=NC(=N4)c4cc(Oc5ccc(C(C)(C)c6ccccc6)cc5)ccc43)=N2)cc1. The molecule has 2 aromatic heterocycles. The van der Waals surface area contributed by atoms with Gasteiger partial charge in [-0.2, -0.15) is 0 Å². The van der Waals surface area contributed by atoms with Crippen LogP contribution in [0, 0.1) is 0 Å². The minimum atomic E-state index is -2.66. The molecule has 0 unspecified atom stereocenters. The molecular weight excluding hydrogens is 1490 g/mol. The molecule has 0 saturated heterocycles. The van der Waals surface area contributed by atoms with Crippen molar-refractivity contribution in [3.63, 3.8) is 0 Å². The molecule has 13 heteroatoms.